The van der Waals surface area contributed by atoms with Gasteiger partial charge in [0.2, 0.25) is 0 Å². The summed E-state index contributed by atoms with van der Waals surface area (Å²) < 4.78 is 5.76. The van der Waals surface area contributed by atoms with Crippen LogP contribution in [0.4, 0.5) is 0 Å². The Balaban J connectivity index is 1.99. The molecule has 100 valence electrons. The maximum absolute atomic E-state index is 5.76. The smallest absolute Gasteiger partial charge is 0.0591 e. The van der Waals surface area contributed by atoms with E-state index in [1.807, 2.05) is 12.4 Å². The monoisotopic (exact) mass is 248 g/mol. The fourth-order valence-electron chi connectivity index (χ4n) is 2.74. The van der Waals surface area contributed by atoms with E-state index < -0.39 is 0 Å². The predicted octanol–water partition coefficient (Wildman–Crippen LogP) is 2.73. The fourth-order valence-corrected chi connectivity index (χ4v) is 2.74. The van der Waals surface area contributed by atoms with Crippen molar-refractivity contribution in [1.29, 1.82) is 0 Å². The average Bonchev–Trinajstić information content (AvgIpc) is 2.91. The van der Waals surface area contributed by atoms with Crippen LogP contribution in [0.15, 0.2) is 24.5 Å². The number of nitrogens with zero attached hydrogens (tertiary/aromatic N) is 1. The summed E-state index contributed by atoms with van der Waals surface area (Å²) in [6.45, 7) is 6.40. The van der Waals surface area contributed by atoms with E-state index >= 15 is 0 Å². The SMILES string of the molecule is CCNC(CC1CCCO1)C(C)c1ccncc1. The van der Waals surface area contributed by atoms with Gasteiger partial charge in [-0.25, -0.2) is 0 Å². The Morgan fingerprint density at radius 3 is 2.83 bits per heavy atom. The molecule has 18 heavy (non-hydrogen) atoms. The van der Waals surface area contributed by atoms with E-state index in [9.17, 15) is 0 Å². The molecule has 1 aromatic rings. The van der Waals surface area contributed by atoms with Gasteiger partial charge in [0.15, 0.2) is 0 Å². The Kier molecular flexibility index (Phi) is 5.14. The summed E-state index contributed by atoms with van der Waals surface area (Å²) in [6, 6.07) is 4.72. The highest BCUT2D eigenvalue weighted by atomic mass is 16.5. The molecular formula is C15H24N2O. The molecule has 3 heteroatoms. The molecule has 0 aliphatic carbocycles. The largest absolute Gasteiger partial charge is 0.378 e. The standard InChI is InChI=1S/C15H24N2O/c1-3-17-15(11-14-5-4-10-18-14)12(2)13-6-8-16-9-7-13/h6-9,12,14-15,17H,3-5,10-11H2,1-2H3. The van der Waals surface area contributed by atoms with Crippen LogP contribution in [0.3, 0.4) is 0 Å². The van der Waals surface area contributed by atoms with Gasteiger partial charge in [-0.15, -0.1) is 0 Å². The minimum Gasteiger partial charge on any atom is -0.378 e. The molecule has 3 nitrogen and oxygen atoms in total. The third kappa shape index (κ3) is 3.53. The van der Waals surface area contributed by atoms with Crippen LogP contribution in [0.1, 0.15) is 44.6 Å². The second-order valence-corrected chi connectivity index (χ2v) is 5.10. The van der Waals surface area contributed by atoms with Crippen molar-refractivity contribution in [2.75, 3.05) is 13.2 Å². The summed E-state index contributed by atoms with van der Waals surface area (Å²) in [5, 5.41) is 3.61. The van der Waals surface area contributed by atoms with E-state index in [0.717, 1.165) is 19.6 Å². The maximum Gasteiger partial charge on any atom is 0.0591 e. The summed E-state index contributed by atoms with van der Waals surface area (Å²) in [6.07, 6.45) is 7.73. The molecule has 3 atom stereocenters. The highest BCUT2D eigenvalue weighted by Gasteiger charge is 2.24. The molecule has 1 aromatic heterocycles. The van der Waals surface area contributed by atoms with Gasteiger partial charge in [-0.2, -0.15) is 0 Å². The first-order valence-corrected chi connectivity index (χ1v) is 7.06. The first kappa shape index (κ1) is 13.5. The van der Waals surface area contributed by atoms with Crippen LogP contribution in [-0.4, -0.2) is 30.3 Å². The first-order valence-electron chi connectivity index (χ1n) is 7.06. The zero-order valence-electron chi connectivity index (χ0n) is 11.4. The molecule has 1 N–H and O–H groups in total. The lowest BCUT2D eigenvalue weighted by molar-refractivity contribution is 0.0922. The van der Waals surface area contributed by atoms with Crippen LogP contribution < -0.4 is 5.32 Å². The molecule has 0 radical (unpaired) electrons. The van der Waals surface area contributed by atoms with Crippen molar-refractivity contribution < 1.29 is 4.74 Å². The Morgan fingerprint density at radius 1 is 1.44 bits per heavy atom. The molecule has 1 saturated heterocycles. The van der Waals surface area contributed by atoms with Crippen molar-refractivity contribution in [1.82, 2.24) is 10.3 Å². The van der Waals surface area contributed by atoms with Crippen molar-refractivity contribution in [2.45, 2.75) is 51.2 Å². The molecule has 2 rings (SSSR count). The lowest BCUT2D eigenvalue weighted by Gasteiger charge is -2.27. The van der Waals surface area contributed by atoms with Crippen LogP contribution >= 0.6 is 0 Å². The zero-order valence-corrected chi connectivity index (χ0v) is 11.4. The predicted molar refractivity (Wildman–Crippen MR) is 73.7 cm³/mol. The van der Waals surface area contributed by atoms with Gasteiger partial charge in [-0.05, 0) is 49.4 Å². The zero-order chi connectivity index (χ0) is 12.8. The number of pyridine rings is 1. The molecular weight excluding hydrogens is 224 g/mol. The van der Waals surface area contributed by atoms with Gasteiger partial charge in [0.1, 0.15) is 0 Å². The van der Waals surface area contributed by atoms with E-state index in [2.05, 4.69) is 36.3 Å². The molecule has 0 amide bonds. The third-order valence-electron chi connectivity index (χ3n) is 3.84. The van der Waals surface area contributed by atoms with Gasteiger partial charge in [-0.3, -0.25) is 4.98 Å². The molecule has 1 fully saturated rings. The van der Waals surface area contributed by atoms with Crippen LogP contribution in [0.5, 0.6) is 0 Å². The summed E-state index contributed by atoms with van der Waals surface area (Å²) in [5.41, 5.74) is 1.36. The maximum atomic E-state index is 5.76. The molecule has 0 saturated carbocycles. The highest BCUT2D eigenvalue weighted by molar-refractivity contribution is 5.17. The van der Waals surface area contributed by atoms with E-state index in [1.54, 1.807) is 0 Å². The van der Waals surface area contributed by atoms with Crippen molar-refractivity contribution >= 4 is 0 Å². The Hall–Kier alpha value is -0.930. The quantitative estimate of drug-likeness (QED) is 0.840. The van der Waals surface area contributed by atoms with Gasteiger partial charge in [0, 0.05) is 25.0 Å². The number of likely N-dealkylation sites (N-methyl/N-ethyl adjacent to an activating group) is 1. The van der Waals surface area contributed by atoms with Gasteiger partial charge in [0.05, 0.1) is 6.10 Å². The van der Waals surface area contributed by atoms with Crippen LogP contribution in [0, 0.1) is 0 Å². The number of ether oxygens (including phenoxy) is 1. The Labute approximate surface area is 110 Å². The summed E-state index contributed by atoms with van der Waals surface area (Å²) >= 11 is 0. The first-order chi connectivity index (χ1) is 8.81. The van der Waals surface area contributed by atoms with Gasteiger partial charge >= 0.3 is 0 Å². The number of hydrogen-bond donors (Lipinski definition) is 1. The summed E-state index contributed by atoms with van der Waals surface area (Å²) in [7, 11) is 0. The number of aromatic nitrogens is 1. The van der Waals surface area contributed by atoms with Gasteiger partial charge in [-0.1, -0.05) is 13.8 Å². The minimum absolute atomic E-state index is 0.443. The second-order valence-electron chi connectivity index (χ2n) is 5.10. The summed E-state index contributed by atoms with van der Waals surface area (Å²) in [5.74, 6) is 0.497. The van der Waals surface area contributed by atoms with E-state index in [1.165, 1.54) is 18.4 Å². The van der Waals surface area contributed by atoms with E-state index in [-0.39, 0.29) is 0 Å². The lowest BCUT2D eigenvalue weighted by Crippen LogP contribution is -2.36. The van der Waals surface area contributed by atoms with Crippen molar-refractivity contribution in [3.63, 3.8) is 0 Å². The van der Waals surface area contributed by atoms with Gasteiger partial charge < -0.3 is 10.1 Å². The molecule has 0 bridgehead atoms. The Morgan fingerprint density at radius 2 is 2.22 bits per heavy atom. The summed E-state index contributed by atoms with van der Waals surface area (Å²) in [4.78, 5) is 4.09. The minimum atomic E-state index is 0.443. The topological polar surface area (TPSA) is 34.1 Å². The van der Waals surface area contributed by atoms with E-state index in [0.29, 0.717) is 18.1 Å². The highest BCUT2D eigenvalue weighted by Crippen LogP contribution is 2.25. The van der Waals surface area contributed by atoms with Crippen molar-refractivity contribution in [3.05, 3.63) is 30.1 Å². The van der Waals surface area contributed by atoms with Crippen LogP contribution in [0.25, 0.3) is 0 Å². The van der Waals surface area contributed by atoms with Crippen LogP contribution in [-0.2, 0) is 4.74 Å². The van der Waals surface area contributed by atoms with Crippen LogP contribution in [0.2, 0.25) is 0 Å². The molecule has 1 aliphatic heterocycles. The number of nitrogens with one attached hydrogen (secondary N) is 1. The molecule has 3 unspecified atom stereocenters. The molecule has 2 heterocycles. The van der Waals surface area contributed by atoms with Gasteiger partial charge in [0.25, 0.3) is 0 Å². The number of rotatable bonds is 6. The molecule has 1 aliphatic rings. The normalized spacial score (nSPS) is 22.9. The Bertz CT molecular complexity index is 336. The van der Waals surface area contributed by atoms with Crippen molar-refractivity contribution in [3.8, 4) is 0 Å². The second kappa shape index (κ2) is 6.86. The number of hydrogen-bond acceptors (Lipinski definition) is 3. The van der Waals surface area contributed by atoms with Crippen molar-refractivity contribution in [2.24, 2.45) is 0 Å². The average molecular weight is 248 g/mol. The molecule has 0 spiro atoms. The third-order valence-corrected chi connectivity index (χ3v) is 3.84. The van der Waals surface area contributed by atoms with E-state index in [4.69, 9.17) is 4.74 Å². The lowest BCUT2D eigenvalue weighted by atomic mass is 9.89. The molecule has 0 aromatic carbocycles. The fraction of sp³-hybridized carbons (Fsp3) is 0.667.